The number of halogens is 1. The maximum atomic E-state index is 13.7. The van der Waals surface area contributed by atoms with Crippen LogP contribution in [0.5, 0.6) is 0 Å². The topological polar surface area (TPSA) is 37.3 Å². The normalized spacial score (nSPS) is 14.3. The highest BCUT2D eigenvalue weighted by Crippen LogP contribution is 2.27. The number of rotatable bonds is 6. The third-order valence-electron chi connectivity index (χ3n) is 6.83. The van der Waals surface area contributed by atoms with Crippen molar-refractivity contribution < 1.29 is 9.18 Å². The zero-order valence-electron chi connectivity index (χ0n) is 19.3. The maximum Gasteiger partial charge on any atom is 0.322 e. The van der Waals surface area contributed by atoms with Gasteiger partial charge in [0.1, 0.15) is 5.82 Å². The molecule has 0 unspecified atom stereocenters. The zero-order chi connectivity index (χ0) is 23.3. The van der Waals surface area contributed by atoms with Crippen LogP contribution in [0.2, 0.25) is 0 Å². The van der Waals surface area contributed by atoms with E-state index in [0.717, 1.165) is 53.4 Å². The van der Waals surface area contributed by atoms with Crippen molar-refractivity contribution in [3.05, 3.63) is 102 Å². The summed E-state index contributed by atoms with van der Waals surface area (Å²) in [6.07, 6.45) is 7.62. The van der Waals surface area contributed by atoms with Gasteiger partial charge in [-0.2, -0.15) is 0 Å². The second-order valence-electron chi connectivity index (χ2n) is 9.13. The average Bonchev–Trinajstić information content (AvgIpc) is 3.31. The number of amides is 2. The van der Waals surface area contributed by atoms with Crippen molar-refractivity contribution >= 4 is 22.5 Å². The van der Waals surface area contributed by atoms with E-state index in [0.29, 0.717) is 13.1 Å². The monoisotopic (exact) mass is 455 g/mol. The van der Waals surface area contributed by atoms with Crippen molar-refractivity contribution in [2.45, 2.75) is 51.2 Å². The molecule has 2 amide bonds. The minimum atomic E-state index is -0.231. The molecule has 174 valence electrons. The number of nitrogens with zero attached hydrogens (tertiary/aromatic N) is 2. The summed E-state index contributed by atoms with van der Waals surface area (Å²) < 4.78 is 15.5. The average molecular weight is 456 g/mol. The Hall–Kier alpha value is -3.60. The summed E-state index contributed by atoms with van der Waals surface area (Å²) in [5, 5.41) is 5.36. The molecule has 0 bridgehead atoms. The van der Waals surface area contributed by atoms with Gasteiger partial charge in [0.15, 0.2) is 0 Å². The molecule has 1 aromatic heterocycles. The number of anilines is 1. The summed E-state index contributed by atoms with van der Waals surface area (Å²) in [6, 6.07) is 25.0. The highest BCUT2D eigenvalue weighted by atomic mass is 19.1. The standard InChI is InChI=1S/C29H30FN3O/c30-24-17-15-22(16-18-24)20-32-19-7-12-26(32)21-33(25-10-2-1-3-11-25)29(34)31-28-14-6-9-23-8-4-5-13-27(23)28/h4-9,12-19,25H,1-3,10-11,20-21H2,(H,31,34). The number of carbonyl (C=O) groups is 1. The summed E-state index contributed by atoms with van der Waals surface area (Å²) in [6.45, 7) is 1.18. The van der Waals surface area contributed by atoms with Crippen LogP contribution in [-0.4, -0.2) is 21.5 Å². The van der Waals surface area contributed by atoms with Gasteiger partial charge in [0.2, 0.25) is 0 Å². The van der Waals surface area contributed by atoms with Crippen LogP contribution in [-0.2, 0) is 13.1 Å². The molecule has 1 N–H and O–H groups in total. The molecular weight excluding hydrogens is 425 g/mol. The van der Waals surface area contributed by atoms with Crippen molar-refractivity contribution in [1.29, 1.82) is 0 Å². The van der Waals surface area contributed by atoms with Gasteiger partial charge in [0.25, 0.3) is 0 Å². The van der Waals surface area contributed by atoms with E-state index in [2.05, 4.69) is 28.1 Å². The van der Waals surface area contributed by atoms with Gasteiger partial charge < -0.3 is 14.8 Å². The molecule has 34 heavy (non-hydrogen) atoms. The van der Waals surface area contributed by atoms with Crippen LogP contribution in [0.25, 0.3) is 10.8 Å². The molecule has 0 aliphatic heterocycles. The molecule has 1 aliphatic carbocycles. The van der Waals surface area contributed by atoms with E-state index in [1.54, 1.807) is 0 Å². The van der Waals surface area contributed by atoms with Gasteiger partial charge in [-0.3, -0.25) is 0 Å². The zero-order valence-corrected chi connectivity index (χ0v) is 19.3. The van der Waals surface area contributed by atoms with E-state index in [4.69, 9.17) is 0 Å². The van der Waals surface area contributed by atoms with Crippen molar-refractivity contribution in [1.82, 2.24) is 9.47 Å². The third-order valence-corrected chi connectivity index (χ3v) is 6.83. The first-order valence-electron chi connectivity index (χ1n) is 12.1. The molecule has 0 spiro atoms. The lowest BCUT2D eigenvalue weighted by atomic mass is 9.94. The molecule has 0 saturated heterocycles. The SMILES string of the molecule is O=C(Nc1cccc2ccccc12)N(Cc1cccn1Cc1ccc(F)cc1)C1CCCCC1. The number of carbonyl (C=O) groups excluding carboxylic acids is 1. The molecule has 5 heteroatoms. The lowest BCUT2D eigenvalue weighted by Gasteiger charge is -2.34. The highest BCUT2D eigenvalue weighted by Gasteiger charge is 2.27. The van der Waals surface area contributed by atoms with E-state index < -0.39 is 0 Å². The summed E-state index contributed by atoms with van der Waals surface area (Å²) in [7, 11) is 0. The van der Waals surface area contributed by atoms with Crippen LogP contribution in [0.3, 0.4) is 0 Å². The molecule has 4 nitrogen and oxygen atoms in total. The Morgan fingerprint density at radius 3 is 2.50 bits per heavy atom. The molecular formula is C29H30FN3O. The Morgan fingerprint density at radius 2 is 1.68 bits per heavy atom. The van der Waals surface area contributed by atoms with Gasteiger partial charge in [-0.15, -0.1) is 0 Å². The molecule has 0 atom stereocenters. The summed E-state index contributed by atoms with van der Waals surface area (Å²) in [5.74, 6) is -0.231. The van der Waals surface area contributed by atoms with Crippen molar-refractivity contribution in [3.63, 3.8) is 0 Å². The van der Waals surface area contributed by atoms with E-state index in [1.165, 1.54) is 18.6 Å². The number of nitrogens with one attached hydrogen (secondary N) is 1. The molecule has 3 aromatic carbocycles. The second kappa shape index (κ2) is 10.1. The first kappa shape index (κ1) is 22.2. The molecule has 5 rings (SSSR count). The molecule has 1 heterocycles. The van der Waals surface area contributed by atoms with E-state index in [1.807, 2.05) is 59.6 Å². The number of benzene rings is 3. The third kappa shape index (κ3) is 4.98. The van der Waals surface area contributed by atoms with E-state index >= 15 is 0 Å². The molecule has 1 saturated carbocycles. The smallest absolute Gasteiger partial charge is 0.322 e. The maximum absolute atomic E-state index is 13.7. The quantitative estimate of drug-likeness (QED) is 0.328. The van der Waals surface area contributed by atoms with Crippen LogP contribution in [0, 0.1) is 5.82 Å². The fourth-order valence-electron chi connectivity index (χ4n) is 4.99. The number of fused-ring (bicyclic) bond motifs is 1. The van der Waals surface area contributed by atoms with Crippen LogP contribution in [0.15, 0.2) is 85.1 Å². The van der Waals surface area contributed by atoms with Crippen molar-refractivity contribution in [2.75, 3.05) is 5.32 Å². The first-order chi connectivity index (χ1) is 16.7. The predicted molar refractivity (Wildman–Crippen MR) is 135 cm³/mol. The number of hydrogen-bond acceptors (Lipinski definition) is 1. The fraction of sp³-hybridized carbons (Fsp3) is 0.276. The minimum absolute atomic E-state index is 0.0576. The van der Waals surface area contributed by atoms with Gasteiger partial charge >= 0.3 is 6.03 Å². The lowest BCUT2D eigenvalue weighted by molar-refractivity contribution is 0.161. The minimum Gasteiger partial charge on any atom is -0.345 e. The van der Waals surface area contributed by atoms with Crippen molar-refractivity contribution in [2.24, 2.45) is 0 Å². The summed E-state index contributed by atoms with van der Waals surface area (Å²) >= 11 is 0. The number of urea groups is 1. The molecule has 1 aliphatic rings. The van der Waals surface area contributed by atoms with Gasteiger partial charge in [-0.05, 0) is 54.1 Å². The number of hydrogen-bond donors (Lipinski definition) is 1. The molecule has 0 radical (unpaired) electrons. The van der Waals surface area contributed by atoms with Crippen LogP contribution in [0.1, 0.15) is 43.4 Å². The largest absolute Gasteiger partial charge is 0.345 e. The van der Waals surface area contributed by atoms with Crippen LogP contribution < -0.4 is 5.32 Å². The summed E-state index contributed by atoms with van der Waals surface area (Å²) in [4.78, 5) is 15.7. The first-order valence-corrected chi connectivity index (χ1v) is 12.1. The van der Waals surface area contributed by atoms with Gasteiger partial charge in [0.05, 0.1) is 12.2 Å². The Kier molecular flexibility index (Phi) is 6.61. The van der Waals surface area contributed by atoms with Gasteiger partial charge in [-0.25, -0.2) is 9.18 Å². The Bertz CT molecular complexity index is 1250. The van der Waals surface area contributed by atoms with Crippen LogP contribution >= 0.6 is 0 Å². The second-order valence-corrected chi connectivity index (χ2v) is 9.13. The lowest BCUT2D eigenvalue weighted by Crippen LogP contribution is -2.43. The summed E-state index contributed by atoms with van der Waals surface area (Å²) in [5.41, 5.74) is 2.94. The van der Waals surface area contributed by atoms with Gasteiger partial charge in [0, 0.05) is 29.9 Å². The van der Waals surface area contributed by atoms with Crippen LogP contribution in [0.4, 0.5) is 14.9 Å². The fourth-order valence-corrected chi connectivity index (χ4v) is 4.99. The molecule has 4 aromatic rings. The number of aromatic nitrogens is 1. The highest BCUT2D eigenvalue weighted by molar-refractivity contribution is 6.01. The Labute approximate surface area is 200 Å². The van der Waals surface area contributed by atoms with Gasteiger partial charge in [-0.1, -0.05) is 67.8 Å². The Morgan fingerprint density at radius 1 is 0.912 bits per heavy atom. The van der Waals surface area contributed by atoms with E-state index in [9.17, 15) is 9.18 Å². The predicted octanol–water partition coefficient (Wildman–Crippen LogP) is 7.20. The molecule has 1 fully saturated rings. The van der Waals surface area contributed by atoms with Crippen molar-refractivity contribution in [3.8, 4) is 0 Å². The Balaban J connectivity index is 1.39. The van der Waals surface area contributed by atoms with E-state index in [-0.39, 0.29) is 17.9 Å².